The van der Waals surface area contributed by atoms with E-state index >= 15 is 0 Å². The molecular formula is C18H25N3O7. The van der Waals surface area contributed by atoms with Gasteiger partial charge in [-0.2, -0.15) is 5.26 Å². The predicted molar refractivity (Wildman–Crippen MR) is 101 cm³/mol. The number of nitriles is 1. The lowest BCUT2D eigenvalue weighted by atomic mass is 9.73. The number of nitrogens with zero attached hydrogens (tertiary/aromatic N) is 2. The topological polar surface area (TPSA) is 177 Å². The molecule has 0 saturated carbocycles. The maximum atomic E-state index is 11.5. The van der Waals surface area contributed by atoms with E-state index in [4.69, 9.17) is 15.9 Å². The van der Waals surface area contributed by atoms with Crippen molar-refractivity contribution in [3.05, 3.63) is 32.4 Å². The van der Waals surface area contributed by atoms with Crippen molar-refractivity contribution in [3.8, 4) is 6.07 Å². The molecule has 0 fully saturated rings. The molecule has 0 saturated heterocycles. The first-order valence-electron chi connectivity index (χ1n) is 8.11. The summed E-state index contributed by atoms with van der Waals surface area (Å²) >= 11 is 0. The Morgan fingerprint density at radius 1 is 1.07 bits per heavy atom. The van der Waals surface area contributed by atoms with Gasteiger partial charge in [-0.25, -0.2) is 9.59 Å². The van der Waals surface area contributed by atoms with Crippen LogP contribution in [0.15, 0.2) is 0 Å². The largest absolute Gasteiger partial charge is 0.516 e. The van der Waals surface area contributed by atoms with Crippen molar-refractivity contribution in [1.29, 1.82) is 5.26 Å². The zero-order chi connectivity index (χ0) is 22.6. The van der Waals surface area contributed by atoms with Crippen LogP contribution in [-0.2, 0) is 15.6 Å². The van der Waals surface area contributed by atoms with Gasteiger partial charge in [-0.3, -0.25) is 10.1 Å². The predicted octanol–water partition coefficient (Wildman–Crippen LogP) is 4.31. The number of anilines is 1. The number of rotatable bonds is 1. The molecule has 0 aliphatic rings. The second-order valence-corrected chi connectivity index (χ2v) is 8.02. The minimum atomic E-state index is -1.81. The Bertz CT molecular complexity index is 829. The highest BCUT2D eigenvalue weighted by atomic mass is 16.7. The van der Waals surface area contributed by atoms with E-state index in [1.807, 2.05) is 41.5 Å². The van der Waals surface area contributed by atoms with Crippen molar-refractivity contribution in [2.75, 3.05) is 5.73 Å². The fourth-order valence-corrected chi connectivity index (χ4v) is 2.92. The van der Waals surface area contributed by atoms with Gasteiger partial charge in [-0.1, -0.05) is 41.5 Å². The Hall–Kier alpha value is -3.35. The molecule has 0 aliphatic carbocycles. The smallest absolute Gasteiger partial charge is 0.449 e. The summed E-state index contributed by atoms with van der Waals surface area (Å²) in [5.74, 6) is 0. The van der Waals surface area contributed by atoms with Crippen LogP contribution in [0.1, 0.15) is 63.8 Å². The highest BCUT2D eigenvalue weighted by Gasteiger charge is 2.37. The van der Waals surface area contributed by atoms with Crippen LogP contribution in [0, 0.1) is 28.4 Å². The fourth-order valence-electron chi connectivity index (χ4n) is 2.92. The van der Waals surface area contributed by atoms with Gasteiger partial charge in [0, 0.05) is 0 Å². The van der Waals surface area contributed by atoms with Crippen LogP contribution in [0.4, 0.5) is 21.0 Å². The molecule has 0 radical (unpaired) electrons. The van der Waals surface area contributed by atoms with Crippen molar-refractivity contribution in [2.45, 2.75) is 59.3 Å². The minimum absolute atomic E-state index is 0.135. The molecule has 0 bridgehead atoms. The summed E-state index contributed by atoms with van der Waals surface area (Å²) in [5, 5.41) is 36.1. The molecule has 1 aromatic rings. The van der Waals surface area contributed by atoms with E-state index in [1.54, 1.807) is 6.92 Å². The van der Waals surface area contributed by atoms with Crippen LogP contribution in [0.25, 0.3) is 0 Å². The Morgan fingerprint density at radius 2 is 1.46 bits per heavy atom. The molecule has 1 aromatic carbocycles. The zero-order valence-electron chi connectivity index (χ0n) is 16.9. The number of nitrogens with two attached hydrogens (primary N) is 1. The molecule has 10 heteroatoms. The van der Waals surface area contributed by atoms with Gasteiger partial charge >= 0.3 is 12.3 Å². The SMILES string of the molecule is Cc1c(N)c([N+](=O)[O-])c(C(C)(C)C)c(C#N)c1C(C)(C)C.O=C(O)OC(=O)O. The highest BCUT2D eigenvalue weighted by Crippen LogP contribution is 2.45. The third kappa shape index (κ3) is 5.84. The second kappa shape index (κ2) is 8.56. The summed E-state index contributed by atoms with van der Waals surface area (Å²) in [6, 6.07) is 2.18. The quantitative estimate of drug-likeness (QED) is 0.205. The average molecular weight is 395 g/mol. The Balaban J connectivity index is 0.000000887. The minimum Gasteiger partial charge on any atom is -0.449 e. The molecule has 0 unspecified atom stereocenters. The third-order valence-electron chi connectivity index (χ3n) is 3.74. The van der Waals surface area contributed by atoms with E-state index in [0.29, 0.717) is 16.7 Å². The normalized spacial score (nSPS) is 10.9. The van der Waals surface area contributed by atoms with E-state index < -0.39 is 22.6 Å². The van der Waals surface area contributed by atoms with E-state index in [9.17, 15) is 25.0 Å². The molecule has 28 heavy (non-hydrogen) atoms. The van der Waals surface area contributed by atoms with Crippen LogP contribution in [-0.4, -0.2) is 27.4 Å². The summed E-state index contributed by atoms with van der Waals surface area (Å²) in [5.41, 5.74) is 7.43. The lowest BCUT2D eigenvalue weighted by molar-refractivity contribution is -0.385. The molecule has 10 nitrogen and oxygen atoms in total. The Kier molecular flexibility index (Phi) is 7.54. The molecular weight excluding hydrogens is 370 g/mol. The van der Waals surface area contributed by atoms with E-state index in [1.165, 1.54) is 0 Å². The third-order valence-corrected chi connectivity index (χ3v) is 3.74. The molecule has 0 spiro atoms. The number of nitro benzene ring substituents is 1. The van der Waals surface area contributed by atoms with Crippen molar-refractivity contribution in [3.63, 3.8) is 0 Å². The van der Waals surface area contributed by atoms with Gasteiger partial charge in [0.05, 0.1) is 16.1 Å². The summed E-state index contributed by atoms with van der Waals surface area (Å²) < 4.78 is 3.08. The van der Waals surface area contributed by atoms with E-state index in [0.717, 1.165) is 5.56 Å². The van der Waals surface area contributed by atoms with E-state index in [-0.39, 0.29) is 16.8 Å². The number of carboxylic acid groups (broad SMARTS) is 2. The van der Waals surface area contributed by atoms with Crippen LogP contribution in [0.2, 0.25) is 0 Å². The second-order valence-electron chi connectivity index (χ2n) is 8.02. The molecule has 1 rings (SSSR count). The van der Waals surface area contributed by atoms with E-state index in [2.05, 4.69) is 10.8 Å². The summed E-state index contributed by atoms with van der Waals surface area (Å²) in [6.45, 7) is 13.3. The molecule has 0 aromatic heterocycles. The number of benzene rings is 1. The van der Waals surface area contributed by atoms with Gasteiger partial charge in [-0.05, 0) is 28.9 Å². The Morgan fingerprint density at radius 3 is 1.68 bits per heavy atom. The molecule has 0 heterocycles. The van der Waals surface area contributed by atoms with Crippen LogP contribution in [0.5, 0.6) is 0 Å². The first kappa shape index (κ1) is 24.7. The van der Waals surface area contributed by atoms with Gasteiger partial charge in [0.2, 0.25) is 0 Å². The number of hydrogen-bond donors (Lipinski definition) is 3. The number of carbonyl (C=O) groups is 2. The number of ether oxygens (including phenoxy) is 1. The summed E-state index contributed by atoms with van der Waals surface area (Å²) in [4.78, 5) is 29.4. The number of hydrogen-bond acceptors (Lipinski definition) is 7. The lowest BCUT2D eigenvalue weighted by Gasteiger charge is -2.29. The van der Waals surface area contributed by atoms with Gasteiger partial charge in [0.1, 0.15) is 11.8 Å². The summed E-state index contributed by atoms with van der Waals surface area (Å²) in [7, 11) is 0. The van der Waals surface area contributed by atoms with Crippen LogP contribution >= 0.6 is 0 Å². The fraction of sp³-hybridized carbons (Fsp3) is 0.500. The van der Waals surface area contributed by atoms with Crippen molar-refractivity contribution < 1.29 is 29.5 Å². The van der Waals surface area contributed by atoms with Gasteiger partial charge in [0.15, 0.2) is 0 Å². The first-order chi connectivity index (χ1) is 12.5. The maximum Gasteiger partial charge on any atom is 0.516 e. The molecule has 0 atom stereocenters. The van der Waals surface area contributed by atoms with Gasteiger partial charge in [-0.15, -0.1) is 0 Å². The van der Waals surface area contributed by atoms with Gasteiger partial charge in [0.25, 0.3) is 5.69 Å². The summed E-state index contributed by atoms with van der Waals surface area (Å²) in [6.07, 6.45) is -3.62. The monoisotopic (exact) mass is 395 g/mol. The van der Waals surface area contributed by atoms with Crippen molar-refractivity contribution in [2.24, 2.45) is 0 Å². The van der Waals surface area contributed by atoms with Crippen molar-refractivity contribution >= 4 is 23.7 Å². The average Bonchev–Trinajstić information content (AvgIpc) is 2.45. The first-order valence-corrected chi connectivity index (χ1v) is 8.11. The van der Waals surface area contributed by atoms with Crippen LogP contribution in [0.3, 0.4) is 0 Å². The highest BCUT2D eigenvalue weighted by molar-refractivity contribution is 5.76. The number of nitro groups is 1. The molecule has 0 aliphatic heterocycles. The molecule has 4 N–H and O–H groups in total. The zero-order valence-corrected chi connectivity index (χ0v) is 16.9. The van der Waals surface area contributed by atoms with Crippen LogP contribution < -0.4 is 5.73 Å². The lowest BCUT2D eigenvalue weighted by Crippen LogP contribution is -2.24. The van der Waals surface area contributed by atoms with Gasteiger partial charge < -0.3 is 20.7 Å². The number of nitrogen functional groups attached to an aromatic ring is 1. The Labute approximate surface area is 162 Å². The van der Waals surface area contributed by atoms with Crippen molar-refractivity contribution in [1.82, 2.24) is 0 Å². The molecule has 154 valence electrons. The maximum absolute atomic E-state index is 11.5. The molecule has 0 amide bonds. The standard InChI is InChI=1S/C16H23N3O2.C2H2O5/c1-9-11(15(2,3)4)10(8-17)12(16(5,6)7)14(13(9)18)19(20)21;3-1(4)7-2(5)6/h18H2,1-7H3;(H,3,4)(H,5,6).